The van der Waals surface area contributed by atoms with E-state index in [-0.39, 0.29) is 11.7 Å². The topological polar surface area (TPSA) is 42.0 Å². The first-order valence-electron chi connectivity index (χ1n) is 7.43. The molecule has 0 spiro atoms. The first kappa shape index (κ1) is 16.1. The van der Waals surface area contributed by atoms with Gasteiger partial charge in [-0.3, -0.25) is 9.78 Å². The Labute approximate surface area is 143 Å². The summed E-state index contributed by atoms with van der Waals surface area (Å²) >= 11 is 1.44. The van der Waals surface area contributed by atoms with Gasteiger partial charge in [0, 0.05) is 27.6 Å². The fourth-order valence-electron chi connectivity index (χ4n) is 2.15. The highest BCUT2D eigenvalue weighted by Gasteiger charge is 2.06. The van der Waals surface area contributed by atoms with Crippen molar-refractivity contribution < 1.29 is 9.18 Å². The molecule has 2 aromatic heterocycles. The van der Waals surface area contributed by atoms with Crippen LogP contribution in [0.1, 0.15) is 10.6 Å². The lowest BCUT2D eigenvalue weighted by Crippen LogP contribution is -2.20. The smallest absolute Gasteiger partial charge is 0.244 e. The summed E-state index contributed by atoms with van der Waals surface area (Å²) in [5.41, 5.74) is 1.37. The van der Waals surface area contributed by atoms with E-state index in [4.69, 9.17) is 0 Å². The van der Waals surface area contributed by atoms with E-state index in [0.29, 0.717) is 12.1 Å². The fourth-order valence-corrected chi connectivity index (χ4v) is 3.08. The third-order valence-corrected chi connectivity index (χ3v) is 4.42. The lowest BCUT2D eigenvalue weighted by molar-refractivity contribution is -0.116. The molecule has 1 N–H and O–H groups in total. The second kappa shape index (κ2) is 7.66. The highest BCUT2D eigenvalue weighted by Crippen LogP contribution is 2.30. The van der Waals surface area contributed by atoms with Crippen molar-refractivity contribution in [1.29, 1.82) is 0 Å². The molecule has 0 atom stereocenters. The van der Waals surface area contributed by atoms with Gasteiger partial charge in [-0.1, -0.05) is 24.3 Å². The lowest BCUT2D eigenvalue weighted by atomic mass is 10.2. The molecule has 0 aliphatic rings. The number of pyridine rings is 1. The second-order valence-electron chi connectivity index (χ2n) is 5.05. The van der Waals surface area contributed by atoms with Crippen LogP contribution in [0, 0.1) is 5.82 Å². The van der Waals surface area contributed by atoms with Gasteiger partial charge in [0.15, 0.2) is 0 Å². The van der Waals surface area contributed by atoms with Crippen molar-refractivity contribution in [3.8, 4) is 10.4 Å². The summed E-state index contributed by atoms with van der Waals surface area (Å²) < 4.78 is 13.8. The molecule has 0 fully saturated rings. The molecule has 0 saturated carbocycles. The lowest BCUT2D eigenvalue weighted by Gasteiger charge is -2.00. The quantitative estimate of drug-likeness (QED) is 0.706. The zero-order chi connectivity index (χ0) is 16.8. The predicted octanol–water partition coefficient (Wildman–Crippen LogP) is 4.28. The van der Waals surface area contributed by atoms with Crippen LogP contribution in [0.3, 0.4) is 0 Å². The molecule has 1 aromatic carbocycles. The number of rotatable bonds is 5. The van der Waals surface area contributed by atoms with Crippen molar-refractivity contribution in [3.05, 3.63) is 83.3 Å². The van der Waals surface area contributed by atoms with Gasteiger partial charge in [0.2, 0.25) is 5.91 Å². The third-order valence-electron chi connectivity index (χ3n) is 3.33. The van der Waals surface area contributed by atoms with Crippen molar-refractivity contribution in [2.24, 2.45) is 0 Å². The summed E-state index contributed by atoms with van der Waals surface area (Å²) in [6, 6.07) is 15.9. The molecular formula is C19H15FN2OS. The zero-order valence-corrected chi connectivity index (χ0v) is 13.6. The van der Waals surface area contributed by atoms with Gasteiger partial charge < -0.3 is 5.32 Å². The molecule has 0 aliphatic carbocycles. The van der Waals surface area contributed by atoms with E-state index in [2.05, 4.69) is 10.3 Å². The molecule has 0 saturated heterocycles. The van der Waals surface area contributed by atoms with Crippen molar-refractivity contribution in [2.75, 3.05) is 0 Å². The Kier molecular flexibility index (Phi) is 5.13. The molecule has 0 unspecified atom stereocenters. The molecule has 0 bridgehead atoms. The molecule has 120 valence electrons. The SMILES string of the molecule is O=C(/C=C/c1ccc(-c2ccccc2F)s1)NCc1ccccn1. The molecule has 2 heterocycles. The third kappa shape index (κ3) is 4.14. The van der Waals surface area contributed by atoms with Crippen LogP contribution in [0.5, 0.6) is 0 Å². The minimum absolute atomic E-state index is 0.193. The minimum Gasteiger partial charge on any atom is -0.347 e. The van der Waals surface area contributed by atoms with E-state index in [1.54, 1.807) is 30.5 Å². The molecule has 0 radical (unpaired) electrons. The second-order valence-corrected chi connectivity index (χ2v) is 6.17. The number of carbonyl (C=O) groups is 1. The van der Waals surface area contributed by atoms with E-state index in [0.717, 1.165) is 15.4 Å². The van der Waals surface area contributed by atoms with Crippen LogP contribution in [0.4, 0.5) is 4.39 Å². The number of nitrogens with one attached hydrogen (secondary N) is 1. The van der Waals surface area contributed by atoms with Crippen LogP contribution in [0.25, 0.3) is 16.5 Å². The van der Waals surface area contributed by atoms with Crippen LogP contribution in [-0.4, -0.2) is 10.9 Å². The first-order valence-corrected chi connectivity index (χ1v) is 8.24. The van der Waals surface area contributed by atoms with E-state index >= 15 is 0 Å². The largest absolute Gasteiger partial charge is 0.347 e. The Morgan fingerprint density at radius 3 is 2.75 bits per heavy atom. The molecule has 1 amide bonds. The number of aromatic nitrogens is 1. The van der Waals surface area contributed by atoms with Crippen LogP contribution in [0.2, 0.25) is 0 Å². The minimum atomic E-state index is -0.247. The molecular weight excluding hydrogens is 323 g/mol. The van der Waals surface area contributed by atoms with Crippen LogP contribution in [0.15, 0.2) is 66.9 Å². The summed E-state index contributed by atoms with van der Waals surface area (Å²) in [5, 5.41) is 2.77. The molecule has 5 heteroatoms. The number of carbonyl (C=O) groups excluding carboxylic acids is 1. The zero-order valence-electron chi connectivity index (χ0n) is 12.8. The average molecular weight is 338 g/mol. The molecule has 3 nitrogen and oxygen atoms in total. The first-order chi connectivity index (χ1) is 11.7. The van der Waals surface area contributed by atoms with Crippen LogP contribution >= 0.6 is 11.3 Å². The van der Waals surface area contributed by atoms with Gasteiger partial charge in [0.25, 0.3) is 0 Å². The van der Waals surface area contributed by atoms with Gasteiger partial charge in [-0.25, -0.2) is 4.39 Å². The Balaban J connectivity index is 1.61. The molecule has 3 rings (SSSR count). The van der Waals surface area contributed by atoms with Crippen LogP contribution < -0.4 is 5.32 Å². The maximum Gasteiger partial charge on any atom is 0.244 e. The normalized spacial score (nSPS) is 10.9. The van der Waals surface area contributed by atoms with Gasteiger partial charge >= 0.3 is 0 Å². The number of hydrogen-bond acceptors (Lipinski definition) is 3. The maximum absolute atomic E-state index is 13.8. The van der Waals surface area contributed by atoms with Crippen LogP contribution in [-0.2, 0) is 11.3 Å². The van der Waals surface area contributed by atoms with Gasteiger partial charge in [-0.05, 0) is 36.4 Å². The standard InChI is InChI=1S/C19H15FN2OS/c20-17-7-2-1-6-16(17)18-10-8-15(24-18)9-11-19(23)22-13-14-5-3-4-12-21-14/h1-12H,13H2,(H,22,23)/b11-9+. The Bertz CT molecular complexity index is 859. The number of thiophene rings is 1. The Morgan fingerprint density at radius 1 is 1.12 bits per heavy atom. The summed E-state index contributed by atoms with van der Waals surface area (Å²) in [5.74, 6) is -0.440. The van der Waals surface area contributed by atoms with Gasteiger partial charge in [0.1, 0.15) is 5.82 Å². The van der Waals surface area contributed by atoms with Crippen molar-refractivity contribution in [1.82, 2.24) is 10.3 Å². The predicted molar refractivity (Wildman–Crippen MR) is 94.8 cm³/mol. The Morgan fingerprint density at radius 2 is 1.96 bits per heavy atom. The van der Waals surface area contributed by atoms with Gasteiger partial charge in [-0.2, -0.15) is 0 Å². The number of halogens is 1. The molecule has 3 aromatic rings. The number of nitrogens with zero attached hydrogens (tertiary/aromatic N) is 1. The molecule has 0 aliphatic heterocycles. The van der Waals surface area contributed by atoms with E-state index in [9.17, 15) is 9.18 Å². The summed E-state index contributed by atoms with van der Waals surface area (Å²) in [7, 11) is 0. The maximum atomic E-state index is 13.8. The van der Waals surface area contributed by atoms with E-state index < -0.39 is 0 Å². The highest BCUT2D eigenvalue weighted by atomic mass is 32.1. The number of amides is 1. The van der Waals surface area contributed by atoms with Crippen molar-refractivity contribution in [2.45, 2.75) is 6.54 Å². The number of hydrogen-bond donors (Lipinski definition) is 1. The molecule has 24 heavy (non-hydrogen) atoms. The van der Waals surface area contributed by atoms with Gasteiger partial charge in [0.05, 0.1) is 12.2 Å². The number of benzene rings is 1. The fraction of sp³-hybridized carbons (Fsp3) is 0.0526. The van der Waals surface area contributed by atoms with Crippen molar-refractivity contribution in [3.63, 3.8) is 0 Å². The Hall–Kier alpha value is -2.79. The average Bonchev–Trinajstić information content (AvgIpc) is 3.08. The van der Waals surface area contributed by atoms with Crippen molar-refractivity contribution >= 4 is 23.3 Å². The highest BCUT2D eigenvalue weighted by molar-refractivity contribution is 7.16. The monoisotopic (exact) mass is 338 g/mol. The van der Waals surface area contributed by atoms with E-state index in [1.807, 2.05) is 30.3 Å². The summed E-state index contributed by atoms with van der Waals surface area (Å²) in [4.78, 5) is 17.7. The summed E-state index contributed by atoms with van der Waals surface area (Å²) in [6.45, 7) is 0.384. The van der Waals surface area contributed by atoms with Gasteiger partial charge in [-0.15, -0.1) is 11.3 Å². The van der Waals surface area contributed by atoms with E-state index in [1.165, 1.54) is 23.5 Å². The summed E-state index contributed by atoms with van der Waals surface area (Å²) in [6.07, 6.45) is 4.88.